The third kappa shape index (κ3) is 6.49. The Morgan fingerprint density at radius 2 is 1.57 bits per heavy atom. The summed E-state index contributed by atoms with van der Waals surface area (Å²) in [6.45, 7) is 5.47. The fourth-order valence-electron chi connectivity index (χ4n) is 6.29. The largest absolute Gasteiger partial charge is 1.00 e. The zero-order valence-electron chi connectivity index (χ0n) is 26.1. The van der Waals surface area contributed by atoms with Crippen LogP contribution in [0.2, 0.25) is 0 Å². The first kappa shape index (κ1) is 32.3. The summed E-state index contributed by atoms with van der Waals surface area (Å²) in [4.78, 5) is 0. The van der Waals surface area contributed by atoms with Crippen LogP contribution in [0.15, 0.2) is 79.0 Å². The van der Waals surface area contributed by atoms with E-state index < -0.39 is 6.36 Å². The van der Waals surface area contributed by atoms with E-state index in [2.05, 4.69) is 71.8 Å². The number of benzene rings is 4. The smallest absolute Gasteiger partial charge is 0.573 e. The number of hydrogen-bond donors (Lipinski definition) is 0. The van der Waals surface area contributed by atoms with Crippen LogP contribution in [-0.2, 0) is 26.0 Å². The van der Waals surface area contributed by atoms with Crippen molar-refractivity contribution in [2.75, 3.05) is 13.9 Å². The molecule has 0 fully saturated rings. The molecule has 0 saturated carbocycles. The van der Waals surface area contributed by atoms with Crippen molar-refractivity contribution >= 4 is 10.8 Å². The Balaban J connectivity index is 0.00000386. The average Bonchev–Trinajstić information content (AvgIpc) is 3.50. The van der Waals surface area contributed by atoms with E-state index in [1.54, 1.807) is 19.2 Å². The minimum absolute atomic E-state index is 0. The molecule has 0 spiro atoms. The van der Waals surface area contributed by atoms with Gasteiger partial charge in [0.2, 0.25) is 12.5 Å². The summed E-state index contributed by atoms with van der Waals surface area (Å²) in [5.74, 6) is 2.81. The van der Waals surface area contributed by atoms with E-state index in [4.69, 9.17) is 18.9 Å². The predicted octanol–water partition coefficient (Wildman–Crippen LogP) is 5.28. The molecule has 47 heavy (non-hydrogen) atoms. The van der Waals surface area contributed by atoms with E-state index in [0.29, 0.717) is 29.4 Å². The maximum atomic E-state index is 12.6. The number of methoxy groups -OCH3 is 1. The van der Waals surface area contributed by atoms with Gasteiger partial charge >= 0.3 is 6.36 Å². The lowest BCUT2D eigenvalue weighted by Gasteiger charge is -2.21. The highest BCUT2D eigenvalue weighted by Gasteiger charge is 2.33. The van der Waals surface area contributed by atoms with Crippen LogP contribution in [0, 0.1) is 0 Å². The Kier molecular flexibility index (Phi) is 8.85. The van der Waals surface area contributed by atoms with Gasteiger partial charge in [-0.3, -0.25) is 0 Å². The molecule has 244 valence electrons. The summed E-state index contributed by atoms with van der Waals surface area (Å²) >= 11 is 0. The van der Waals surface area contributed by atoms with E-state index in [-0.39, 0.29) is 31.6 Å². The number of rotatable bonds is 8. The molecule has 0 bridgehead atoms. The van der Waals surface area contributed by atoms with Crippen LogP contribution in [0.4, 0.5) is 13.2 Å². The van der Waals surface area contributed by atoms with Crippen LogP contribution < -0.4 is 40.7 Å². The fourth-order valence-corrected chi connectivity index (χ4v) is 6.29. The zero-order valence-corrected chi connectivity index (χ0v) is 26.9. The second kappa shape index (κ2) is 12.9. The number of fused-ring (bicyclic) bond motifs is 5. The molecule has 5 aromatic rings. The molecular formula is C37H33ClF3NO5. The maximum absolute atomic E-state index is 12.6. The molecular weight excluding hydrogens is 631 g/mol. The normalized spacial score (nSPS) is 13.2. The van der Waals surface area contributed by atoms with Crippen molar-refractivity contribution in [2.45, 2.75) is 52.1 Å². The van der Waals surface area contributed by atoms with Crippen LogP contribution in [0.25, 0.3) is 22.0 Å². The van der Waals surface area contributed by atoms with Gasteiger partial charge in [0.1, 0.15) is 12.4 Å². The van der Waals surface area contributed by atoms with Gasteiger partial charge in [0.25, 0.3) is 0 Å². The van der Waals surface area contributed by atoms with Crippen molar-refractivity contribution in [3.63, 3.8) is 0 Å². The van der Waals surface area contributed by atoms with Gasteiger partial charge in [-0.05, 0) is 64.6 Å². The quantitative estimate of drug-likeness (QED) is 0.212. The molecule has 10 heteroatoms. The van der Waals surface area contributed by atoms with Crippen molar-refractivity contribution in [1.82, 2.24) is 0 Å². The molecule has 0 N–H and O–H groups in total. The highest BCUT2D eigenvalue weighted by molar-refractivity contribution is 5.95. The summed E-state index contributed by atoms with van der Waals surface area (Å²) in [6.07, 6.45) is -1.13. The van der Waals surface area contributed by atoms with Crippen molar-refractivity contribution in [3.05, 3.63) is 107 Å². The maximum Gasteiger partial charge on any atom is 0.573 e. The van der Waals surface area contributed by atoms with Crippen molar-refractivity contribution in [1.29, 1.82) is 0 Å². The first-order chi connectivity index (χ1) is 22.2. The third-order valence-electron chi connectivity index (χ3n) is 8.61. The lowest BCUT2D eigenvalue weighted by Crippen LogP contribution is -3.00. The van der Waals surface area contributed by atoms with Gasteiger partial charge in [-0.1, -0.05) is 50.2 Å². The number of alkyl halides is 3. The summed E-state index contributed by atoms with van der Waals surface area (Å²) in [7, 11) is 1.60. The number of hydrogen-bond acceptors (Lipinski definition) is 5. The van der Waals surface area contributed by atoms with Gasteiger partial charge < -0.3 is 36.1 Å². The van der Waals surface area contributed by atoms with Crippen LogP contribution in [-0.4, -0.2) is 20.3 Å². The van der Waals surface area contributed by atoms with Crippen LogP contribution in [0.3, 0.4) is 0 Å². The first-order valence-corrected chi connectivity index (χ1v) is 15.2. The topological polar surface area (TPSA) is 50.0 Å². The van der Waals surface area contributed by atoms with Crippen molar-refractivity contribution in [3.8, 4) is 40.0 Å². The van der Waals surface area contributed by atoms with E-state index in [0.717, 1.165) is 52.1 Å². The molecule has 0 aliphatic carbocycles. The molecule has 2 aliphatic heterocycles. The van der Waals surface area contributed by atoms with E-state index in [9.17, 15) is 13.2 Å². The fraction of sp³-hybridized carbons (Fsp3) is 0.270. The summed E-state index contributed by atoms with van der Waals surface area (Å²) in [5, 5.41) is 1.91. The molecule has 2 aliphatic rings. The Bertz CT molecular complexity index is 1930. The van der Waals surface area contributed by atoms with Gasteiger partial charge in [0, 0.05) is 23.8 Å². The molecule has 3 heterocycles. The number of halogens is 4. The number of ether oxygens (including phenoxy) is 5. The lowest BCUT2D eigenvalue weighted by atomic mass is 9.88. The van der Waals surface area contributed by atoms with Gasteiger partial charge in [0.05, 0.1) is 18.1 Å². The Morgan fingerprint density at radius 3 is 2.26 bits per heavy atom. The second-order valence-corrected chi connectivity index (χ2v) is 11.9. The van der Waals surface area contributed by atoms with Gasteiger partial charge in [-0.2, -0.15) is 4.57 Å². The standard InChI is InChI=1S/C37H33F3NO5.ClH/c1-22(2)25-8-4-23(5-9-25)16-30-28-12-13-32(42-3)36(43-20-24-6-10-27(11-7-24)46-37(38,39)40)31(28)19-41-15-14-26-17-33-34(45-21-44-33)18-29(26)35(30)41;/h4-13,17-19,22H,14-16,20-21H2,1-3H3;1H/q+1;/p-1. The SMILES string of the molecule is COc1ccc2c(Cc3ccc(C(C)C)cc3)c3[n+](cc2c1OCc1ccc(OC(F)(F)F)cc1)CCc1cc2c(cc1-3)OCO2.[Cl-]. The molecule has 7 rings (SSSR count). The predicted molar refractivity (Wildman–Crippen MR) is 167 cm³/mol. The minimum atomic E-state index is -4.75. The van der Waals surface area contributed by atoms with E-state index in [1.165, 1.54) is 28.8 Å². The first-order valence-electron chi connectivity index (χ1n) is 15.2. The monoisotopic (exact) mass is 663 g/mol. The average molecular weight is 664 g/mol. The van der Waals surface area contributed by atoms with Crippen LogP contribution in [0.5, 0.6) is 28.7 Å². The highest BCUT2D eigenvalue weighted by Crippen LogP contribution is 2.44. The Morgan fingerprint density at radius 1 is 0.872 bits per heavy atom. The van der Waals surface area contributed by atoms with Crippen molar-refractivity contribution in [2.24, 2.45) is 0 Å². The summed E-state index contributed by atoms with van der Waals surface area (Å²) in [6, 6.07) is 22.6. The van der Waals surface area contributed by atoms with Gasteiger partial charge in [-0.25, -0.2) is 0 Å². The third-order valence-corrected chi connectivity index (χ3v) is 8.61. The Labute approximate surface area is 277 Å². The number of pyridine rings is 1. The highest BCUT2D eigenvalue weighted by atomic mass is 35.5. The van der Waals surface area contributed by atoms with Crippen LogP contribution in [0.1, 0.15) is 47.6 Å². The number of aromatic nitrogens is 1. The second-order valence-electron chi connectivity index (χ2n) is 11.9. The van der Waals surface area contributed by atoms with Gasteiger partial charge in [0.15, 0.2) is 35.7 Å². The molecule has 6 nitrogen and oxygen atoms in total. The van der Waals surface area contributed by atoms with E-state index >= 15 is 0 Å². The molecule has 4 aromatic carbocycles. The van der Waals surface area contributed by atoms with E-state index in [1.807, 2.05) is 6.07 Å². The molecule has 0 unspecified atom stereocenters. The molecule has 0 saturated heterocycles. The summed E-state index contributed by atoms with van der Waals surface area (Å²) in [5.41, 5.74) is 7.76. The molecule has 0 amide bonds. The Hall–Kier alpha value is -4.63. The minimum Gasteiger partial charge on any atom is -1.00 e. The number of aryl methyl sites for hydroxylation is 2. The molecule has 1 aromatic heterocycles. The van der Waals surface area contributed by atoms with Crippen LogP contribution >= 0.6 is 0 Å². The zero-order chi connectivity index (χ0) is 32.0. The lowest BCUT2D eigenvalue weighted by molar-refractivity contribution is -0.686. The van der Waals surface area contributed by atoms with Gasteiger partial charge in [-0.15, -0.1) is 13.2 Å². The summed E-state index contributed by atoms with van der Waals surface area (Å²) < 4.78 is 67.9. The van der Waals surface area contributed by atoms with Crippen molar-refractivity contribution < 1.29 is 53.8 Å². The molecule has 0 radical (unpaired) electrons. The molecule has 0 atom stereocenters. The number of nitrogens with zero attached hydrogens (tertiary/aromatic N) is 1.